The van der Waals surface area contributed by atoms with Crippen LogP contribution in [0.25, 0.3) is 0 Å². The first-order chi connectivity index (χ1) is 13.2. The summed E-state index contributed by atoms with van der Waals surface area (Å²) in [5.74, 6) is 0. The number of alkyl halides is 3. The summed E-state index contributed by atoms with van der Waals surface area (Å²) in [4.78, 5) is 22.1. The molecule has 0 aliphatic carbocycles. The minimum absolute atomic E-state index is 0.163. The summed E-state index contributed by atoms with van der Waals surface area (Å²) in [6.45, 7) is 0.416. The van der Waals surface area contributed by atoms with Gasteiger partial charge in [-0.1, -0.05) is 18.2 Å². The lowest BCUT2D eigenvalue weighted by molar-refractivity contribution is -0.393. The molecule has 1 heterocycles. The molecule has 0 amide bonds. The topological polar surface area (TPSA) is 102 Å². The van der Waals surface area contributed by atoms with E-state index in [1.165, 1.54) is 4.90 Å². The van der Waals surface area contributed by atoms with Crippen molar-refractivity contribution in [2.45, 2.75) is 18.6 Å². The van der Waals surface area contributed by atoms with Gasteiger partial charge in [0.05, 0.1) is 15.4 Å². The van der Waals surface area contributed by atoms with Crippen LogP contribution in [0.4, 0.5) is 35.9 Å². The average Bonchev–Trinajstić information content (AvgIpc) is 3.08. The SMILES string of the molecule is O=[N+]([O-])c1cc(C(F)(F)F)cc([N+](=O)[O-])c1N1CCC(Nc2ccccc2)C1. The van der Waals surface area contributed by atoms with E-state index >= 15 is 0 Å². The van der Waals surface area contributed by atoms with Gasteiger partial charge >= 0.3 is 6.18 Å². The first kappa shape index (κ1) is 19.4. The van der Waals surface area contributed by atoms with E-state index in [0.29, 0.717) is 18.6 Å². The largest absolute Gasteiger partial charge is 0.416 e. The standard InChI is InChI=1S/C17H15F3N4O4/c18-17(19,20)11-8-14(23(25)26)16(15(9-11)24(27)28)22-7-6-13(10-22)21-12-4-2-1-3-5-12/h1-5,8-9,13,21H,6-7,10H2. The van der Waals surface area contributed by atoms with Gasteiger partial charge in [0.15, 0.2) is 5.69 Å². The van der Waals surface area contributed by atoms with Crippen molar-refractivity contribution in [1.82, 2.24) is 0 Å². The molecule has 11 heteroatoms. The van der Waals surface area contributed by atoms with Gasteiger partial charge in [-0.3, -0.25) is 20.2 Å². The Hall–Kier alpha value is -3.37. The number of benzene rings is 2. The molecular formula is C17H15F3N4O4. The van der Waals surface area contributed by atoms with Crippen LogP contribution in [-0.4, -0.2) is 29.0 Å². The van der Waals surface area contributed by atoms with E-state index in [0.717, 1.165) is 5.69 Å². The molecule has 1 N–H and O–H groups in total. The summed E-state index contributed by atoms with van der Waals surface area (Å²) in [5, 5.41) is 26.0. The van der Waals surface area contributed by atoms with Crippen LogP contribution in [0, 0.1) is 20.2 Å². The average molecular weight is 396 g/mol. The van der Waals surface area contributed by atoms with Gasteiger partial charge < -0.3 is 10.2 Å². The fourth-order valence-corrected chi connectivity index (χ4v) is 3.22. The Morgan fingerprint density at radius 2 is 1.61 bits per heavy atom. The van der Waals surface area contributed by atoms with Crippen molar-refractivity contribution in [3.63, 3.8) is 0 Å². The Bertz CT molecular complexity index is 870. The number of nitro benzene ring substituents is 2. The lowest BCUT2D eigenvalue weighted by Crippen LogP contribution is -2.27. The van der Waals surface area contributed by atoms with Gasteiger partial charge in [-0.05, 0) is 18.6 Å². The third kappa shape index (κ3) is 3.97. The monoisotopic (exact) mass is 396 g/mol. The highest BCUT2D eigenvalue weighted by Gasteiger charge is 2.40. The molecule has 1 saturated heterocycles. The summed E-state index contributed by atoms with van der Waals surface area (Å²) in [7, 11) is 0. The zero-order valence-electron chi connectivity index (χ0n) is 14.3. The molecule has 2 aromatic rings. The van der Waals surface area contributed by atoms with Crippen molar-refractivity contribution < 1.29 is 23.0 Å². The molecule has 3 rings (SSSR count). The lowest BCUT2D eigenvalue weighted by Gasteiger charge is -2.20. The van der Waals surface area contributed by atoms with E-state index in [2.05, 4.69) is 5.32 Å². The van der Waals surface area contributed by atoms with E-state index < -0.39 is 38.6 Å². The van der Waals surface area contributed by atoms with Gasteiger partial charge in [-0.2, -0.15) is 13.2 Å². The molecule has 0 radical (unpaired) electrons. The van der Waals surface area contributed by atoms with Crippen LogP contribution in [0.15, 0.2) is 42.5 Å². The van der Waals surface area contributed by atoms with Gasteiger partial charge in [0.1, 0.15) is 0 Å². The molecular weight excluding hydrogens is 381 g/mol. The Kier molecular flexibility index (Phi) is 5.08. The van der Waals surface area contributed by atoms with Crippen LogP contribution in [0.5, 0.6) is 0 Å². The molecule has 1 fully saturated rings. The van der Waals surface area contributed by atoms with Gasteiger partial charge in [0.25, 0.3) is 11.4 Å². The molecule has 0 saturated carbocycles. The first-order valence-electron chi connectivity index (χ1n) is 8.27. The molecule has 1 atom stereocenters. The highest BCUT2D eigenvalue weighted by molar-refractivity contribution is 5.77. The van der Waals surface area contributed by atoms with Crippen molar-refractivity contribution in [2.24, 2.45) is 0 Å². The van der Waals surface area contributed by atoms with Gasteiger partial charge in [-0.25, -0.2) is 0 Å². The van der Waals surface area contributed by atoms with E-state index in [1.54, 1.807) is 0 Å². The Labute approximate surface area is 156 Å². The number of hydrogen-bond donors (Lipinski definition) is 1. The molecule has 28 heavy (non-hydrogen) atoms. The molecule has 0 aromatic heterocycles. The van der Waals surface area contributed by atoms with Gasteiger partial charge in [0.2, 0.25) is 0 Å². The Morgan fingerprint density at radius 3 is 2.11 bits per heavy atom. The van der Waals surface area contributed by atoms with Crippen LogP contribution in [-0.2, 0) is 6.18 Å². The van der Waals surface area contributed by atoms with E-state index in [-0.39, 0.29) is 19.1 Å². The van der Waals surface area contributed by atoms with Crippen molar-refractivity contribution >= 4 is 22.7 Å². The Morgan fingerprint density at radius 1 is 1.04 bits per heavy atom. The number of nitro groups is 2. The zero-order chi connectivity index (χ0) is 20.5. The molecule has 0 spiro atoms. The second-order valence-electron chi connectivity index (χ2n) is 6.32. The number of halogens is 3. The summed E-state index contributed by atoms with van der Waals surface area (Å²) in [6, 6.07) is 9.66. The highest BCUT2D eigenvalue weighted by Crippen LogP contribution is 2.44. The zero-order valence-corrected chi connectivity index (χ0v) is 14.3. The fraction of sp³-hybridized carbons (Fsp3) is 0.294. The molecule has 1 aliphatic rings. The van der Waals surface area contributed by atoms with Crippen molar-refractivity contribution in [1.29, 1.82) is 0 Å². The predicted octanol–water partition coefficient (Wildman–Crippen LogP) is 4.21. The molecule has 1 aliphatic heterocycles. The predicted molar refractivity (Wildman–Crippen MR) is 95.4 cm³/mol. The van der Waals surface area contributed by atoms with Crippen LogP contribution in [0.1, 0.15) is 12.0 Å². The molecule has 2 aromatic carbocycles. The second-order valence-corrected chi connectivity index (χ2v) is 6.32. The smallest absolute Gasteiger partial charge is 0.380 e. The third-order valence-corrected chi connectivity index (χ3v) is 4.44. The highest BCUT2D eigenvalue weighted by atomic mass is 19.4. The second kappa shape index (κ2) is 7.33. The van der Waals surface area contributed by atoms with Crippen LogP contribution < -0.4 is 10.2 Å². The van der Waals surface area contributed by atoms with Crippen LogP contribution in [0.2, 0.25) is 0 Å². The van der Waals surface area contributed by atoms with E-state index in [4.69, 9.17) is 0 Å². The number of anilines is 2. The summed E-state index contributed by atoms with van der Waals surface area (Å²) in [6.07, 6.45) is -4.42. The quantitative estimate of drug-likeness (QED) is 0.600. The van der Waals surface area contributed by atoms with Gasteiger partial charge in [0, 0.05) is 37.0 Å². The molecule has 1 unspecified atom stereocenters. The van der Waals surface area contributed by atoms with Crippen LogP contribution >= 0.6 is 0 Å². The maximum Gasteiger partial charge on any atom is 0.416 e. The number of rotatable bonds is 5. The number of nitrogens with zero attached hydrogens (tertiary/aromatic N) is 3. The summed E-state index contributed by atoms with van der Waals surface area (Å²) in [5.41, 5.74) is -2.87. The Balaban J connectivity index is 1.96. The number of nitrogens with one attached hydrogen (secondary N) is 1. The fourth-order valence-electron chi connectivity index (χ4n) is 3.22. The third-order valence-electron chi connectivity index (χ3n) is 4.44. The maximum atomic E-state index is 13.0. The lowest BCUT2D eigenvalue weighted by atomic mass is 10.1. The number of para-hydroxylation sites is 1. The van der Waals surface area contributed by atoms with E-state index in [9.17, 15) is 33.4 Å². The van der Waals surface area contributed by atoms with Crippen molar-refractivity contribution in [3.8, 4) is 0 Å². The number of hydrogen-bond acceptors (Lipinski definition) is 6. The van der Waals surface area contributed by atoms with Crippen molar-refractivity contribution in [2.75, 3.05) is 23.3 Å². The summed E-state index contributed by atoms with van der Waals surface area (Å²) >= 11 is 0. The normalized spacial score (nSPS) is 16.8. The van der Waals surface area contributed by atoms with Crippen LogP contribution in [0.3, 0.4) is 0 Å². The minimum Gasteiger partial charge on any atom is -0.380 e. The maximum absolute atomic E-state index is 13.0. The molecule has 0 bridgehead atoms. The molecule has 148 valence electrons. The van der Waals surface area contributed by atoms with Crippen molar-refractivity contribution in [3.05, 3.63) is 68.3 Å². The summed E-state index contributed by atoms with van der Waals surface area (Å²) < 4.78 is 39.1. The van der Waals surface area contributed by atoms with Gasteiger partial charge in [-0.15, -0.1) is 0 Å². The minimum atomic E-state index is -4.93. The van der Waals surface area contributed by atoms with E-state index in [1.807, 2.05) is 30.3 Å². The molecule has 8 nitrogen and oxygen atoms in total. The first-order valence-corrected chi connectivity index (χ1v) is 8.27.